The lowest BCUT2D eigenvalue weighted by Crippen LogP contribution is -2.39. The first-order valence-corrected chi connectivity index (χ1v) is 10.6. The first kappa shape index (κ1) is 25.4. The van der Waals surface area contributed by atoms with Crippen LogP contribution < -0.4 is 0 Å². The molecule has 0 heterocycles. The molecule has 3 N–H and O–H groups in total. The predicted octanol–water partition coefficient (Wildman–Crippen LogP) is 5.49. The second kappa shape index (κ2) is 15.5. The Balaban J connectivity index is 4.18. The van der Waals surface area contributed by atoms with Gasteiger partial charge < -0.3 is 15.3 Å². The summed E-state index contributed by atoms with van der Waals surface area (Å²) >= 11 is 0. The molecular weight excluding hydrogens is 348 g/mol. The molecule has 0 spiro atoms. The average molecular weight is 387 g/mol. The molecule has 158 valence electrons. The molecule has 0 saturated carbocycles. The van der Waals surface area contributed by atoms with Gasteiger partial charge in [0.2, 0.25) is 0 Å². The summed E-state index contributed by atoms with van der Waals surface area (Å²) in [5.74, 6) is -3.22. The summed E-state index contributed by atoms with van der Waals surface area (Å²) < 4.78 is 0. The van der Waals surface area contributed by atoms with E-state index in [1.165, 1.54) is 19.3 Å². The third-order valence-electron chi connectivity index (χ3n) is 5.27. The molecule has 27 heavy (non-hydrogen) atoms. The van der Waals surface area contributed by atoms with Crippen molar-refractivity contribution in [3.63, 3.8) is 0 Å². The van der Waals surface area contributed by atoms with Crippen molar-refractivity contribution in [3.8, 4) is 0 Å². The van der Waals surface area contributed by atoms with E-state index in [-0.39, 0.29) is 19.3 Å². The highest BCUT2D eigenvalue weighted by Gasteiger charge is 2.45. The van der Waals surface area contributed by atoms with Crippen LogP contribution in [0.15, 0.2) is 0 Å². The van der Waals surface area contributed by atoms with Crippen LogP contribution in [0, 0.1) is 5.41 Å². The molecule has 0 aromatic heterocycles. The molecule has 0 saturated heterocycles. The maximum atomic E-state index is 11.7. The number of carbonyl (C=O) groups is 3. The standard InChI is InChI=1S/C21H38O6/c1-2-3-4-5-7-10-13-16-21(19(24)25,20(26)27)17-14-11-8-6-9-12-15-18(22)23/h2-17H2,1H3,(H,22,23)(H,24,25)(H,26,27). The highest BCUT2D eigenvalue weighted by molar-refractivity contribution is 5.98. The number of hydrogen-bond donors (Lipinski definition) is 3. The Morgan fingerprint density at radius 1 is 0.593 bits per heavy atom. The lowest BCUT2D eigenvalue weighted by Gasteiger charge is -2.25. The topological polar surface area (TPSA) is 112 Å². The second-order valence-corrected chi connectivity index (χ2v) is 7.58. The molecule has 0 fully saturated rings. The van der Waals surface area contributed by atoms with Gasteiger partial charge in [0, 0.05) is 6.42 Å². The third kappa shape index (κ3) is 11.7. The van der Waals surface area contributed by atoms with Gasteiger partial charge in [0.05, 0.1) is 0 Å². The first-order valence-electron chi connectivity index (χ1n) is 10.6. The first-order chi connectivity index (χ1) is 12.9. The van der Waals surface area contributed by atoms with Crippen molar-refractivity contribution >= 4 is 17.9 Å². The van der Waals surface area contributed by atoms with Gasteiger partial charge in [-0.2, -0.15) is 0 Å². The number of hydrogen-bond acceptors (Lipinski definition) is 3. The summed E-state index contributed by atoms with van der Waals surface area (Å²) in [6.45, 7) is 2.16. The summed E-state index contributed by atoms with van der Waals surface area (Å²) in [4.78, 5) is 33.8. The molecule has 6 nitrogen and oxygen atoms in total. The Bertz CT molecular complexity index is 418. The second-order valence-electron chi connectivity index (χ2n) is 7.58. The molecule has 0 aliphatic rings. The normalized spacial score (nSPS) is 11.4. The summed E-state index contributed by atoms with van der Waals surface area (Å²) in [5.41, 5.74) is -1.66. The fourth-order valence-electron chi connectivity index (χ4n) is 3.44. The molecule has 6 heteroatoms. The van der Waals surface area contributed by atoms with Crippen LogP contribution in [0.4, 0.5) is 0 Å². The van der Waals surface area contributed by atoms with Crippen molar-refractivity contribution in [1.82, 2.24) is 0 Å². The van der Waals surface area contributed by atoms with E-state index in [2.05, 4.69) is 6.92 Å². The fourth-order valence-corrected chi connectivity index (χ4v) is 3.44. The molecule has 0 radical (unpaired) electrons. The van der Waals surface area contributed by atoms with E-state index < -0.39 is 23.3 Å². The minimum Gasteiger partial charge on any atom is -0.481 e. The van der Waals surface area contributed by atoms with E-state index in [1.54, 1.807) is 0 Å². The largest absolute Gasteiger partial charge is 0.481 e. The molecular formula is C21H38O6. The zero-order valence-electron chi connectivity index (χ0n) is 16.9. The Morgan fingerprint density at radius 2 is 0.963 bits per heavy atom. The van der Waals surface area contributed by atoms with Crippen LogP contribution in [0.1, 0.15) is 110 Å². The average Bonchev–Trinajstić information content (AvgIpc) is 2.60. The smallest absolute Gasteiger partial charge is 0.321 e. The zero-order chi connectivity index (χ0) is 20.5. The van der Waals surface area contributed by atoms with Gasteiger partial charge in [-0.15, -0.1) is 0 Å². The summed E-state index contributed by atoms with van der Waals surface area (Å²) in [7, 11) is 0. The molecule has 0 unspecified atom stereocenters. The highest BCUT2D eigenvalue weighted by atomic mass is 16.4. The van der Waals surface area contributed by atoms with Crippen molar-refractivity contribution in [2.24, 2.45) is 5.41 Å². The third-order valence-corrected chi connectivity index (χ3v) is 5.27. The van der Waals surface area contributed by atoms with Gasteiger partial charge in [-0.3, -0.25) is 14.4 Å². The van der Waals surface area contributed by atoms with Gasteiger partial charge in [-0.1, -0.05) is 84.0 Å². The van der Waals surface area contributed by atoms with Gasteiger partial charge in [0.1, 0.15) is 0 Å². The van der Waals surface area contributed by atoms with E-state index in [1.807, 2.05) is 0 Å². The molecule has 0 amide bonds. The number of carboxylic acid groups (broad SMARTS) is 3. The molecule has 0 rings (SSSR count). The highest BCUT2D eigenvalue weighted by Crippen LogP contribution is 2.33. The molecule has 0 atom stereocenters. The van der Waals surface area contributed by atoms with Crippen molar-refractivity contribution in [2.45, 2.75) is 110 Å². The molecule has 0 bridgehead atoms. The van der Waals surface area contributed by atoms with Crippen LogP contribution in [0.25, 0.3) is 0 Å². The van der Waals surface area contributed by atoms with Crippen molar-refractivity contribution < 1.29 is 29.7 Å². The molecule has 0 aromatic carbocycles. The number of carboxylic acids is 3. The molecule has 0 aliphatic carbocycles. The van der Waals surface area contributed by atoms with E-state index in [0.29, 0.717) is 19.3 Å². The van der Waals surface area contributed by atoms with Gasteiger partial charge in [-0.25, -0.2) is 0 Å². The van der Waals surface area contributed by atoms with Crippen LogP contribution in [0.5, 0.6) is 0 Å². The monoisotopic (exact) mass is 386 g/mol. The Kier molecular flexibility index (Phi) is 14.6. The van der Waals surface area contributed by atoms with Gasteiger partial charge in [0.15, 0.2) is 5.41 Å². The van der Waals surface area contributed by atoms with E-state index in [9.17, 15) is 24.6 Å². The quantitative estimate of drug-likeness (QED) is 0.200. The van der Waals surface area contributed by atoms with Crippen molar-refractivity contribution in [3.05, 3.63) is 0 Å². The Morgan fingerprint density at radius 3 is 1.33 bits per heavy atom. The Labute approximate surface area is 163 Å². The SMILES string of the molecule is CCCCCCCCCC(CCCCCCCCC(=O)O)(C(=O)O)C(=O)O. The fraction of sp³-hybridized carbons (Fsp3) is 0.857. The van der Waals surface area contributed by atoms with Crippen LogP contribution in [0.3, 0.4) is 0 Å². The van der Waals surface area contributed by atoms with E-state index >= 15 is 0 Å². The minimum atomic E-state index is -1.66. The van der Waals surface area contributed by atoms with Crippen molar-refractivity contribution in [1.29, 1.82) is 0 Å². The maximum absolute atomic E-state index is 11.7. The Hall–Kier alpha value is -1.59. The zero-order valence-corrected chi connectivity index (χ0v) is 16.9. The lowest BCUT2D eigenvalue weighted by atomic mass is 9.78. The van der Waals surface area contributed by atoms with E-state index in [0.717, 1.165) is 44.9 Å². The summed E-state index contributed by atoms with van der Waals surface area (Å²) in [6.07, 6.45) is 12.5. The van der Waals surface area contributed by atoms with Crippen molar-refractivity contribution in [2.75, 3.05) is 0 Å². The van der Waals surface area contributed by atoms with Gasteiger partial charge in [-0.05, 0) is 19.3 Å². The summed E-state index contributed by atoms with van der Waals surface area (Å²) in [5, 5.41) is 27.7. The number of aliphatic carboxylic acids is 3. The lowest BCUT2D eigenvalue weighted by molar-refractivity contribution is -0.166. The number of rotatable bonds is 19. The van der Waals surface area contributed by atoms with Crippen LogP contribution >= 0.6 is 0 Å². The molecule has 0 aromatic rings. The van der Waals surface area contributed by atoms with Crippen LogP contribution in [-0.4, -0.2) is 33.2 Å². The van der Waals surface area contributed by atoms with Crippen LogP contribution in [-0.2, 0) is 14.4 Å². The van der Waals surface area contributed by atoms with Gasteiger partial charge >= 0.3 is 17.9 Å². The summed E-state index contributed by atoms with van der Waals surface area (Å²) in [6, 6.07) is 0. The predicted molar refractivity (Wildman–Crippen MR) is 105 cm³/mol. The minimum absolute atomic E-state index is 0.169. The molecule has 0 aliphatic heterocycles. The number of unbranched alkanes of at least 4 members (excludes halogenated alkanes) is 11. The maximum Gasteiger partial charge on any atom is 0.321 e. The van der Waals surface area contributed by atoms with E-state index in [4.69, 9.17) is 5.11 Å². The van der Waals surface area contributed by atoms with Gasteiger partial charge in [0.25, 0.3) is 0 Å². The van der Waals surface area contributed by atoms with Crippen LogP contribution in [0.2, 0.25) is 0 Å².